The Kier molecular flexibility index (Phi) is 5.32. The van der Waals surface area contributed by atoms with Crippen LogP contribution in [0.25, 0.3) is 0 Å². The molecule has 2 heterocycles. The summed E-state index contributed by atoms with van der Waals surface area (Å²) in [5.41, 5.74) is -1.13. The second-order valence-corrected chi connectivity index (χ2v) is 8.32. The molecule has 1 fully saturated rings. The van der Waals surface area contributed by atoms with Gasteiger partial charge in [-0.25, -0.2) is 14.2 Å². The van der Waals surface area contributed by atoms with E-state index in [1.54, 1.807) is 33.8 Å². The van der Waals surface area contributed by atoms with Crippen molar-refractivity contribution in [2.45, 2.75) is 72.2 Å². The van der Waals surface area contributed by atoms with Crippen molar-refractivity contribution in [3.63, 3.8) is 0 Å². The van der Waals surface area contributed by atoms with Gasteiger partial charge < -0.3 is 18.8 Å². The Bertz CT molecular complexity index is 685. The van der Waals surface area contributed by atoms with Gasteiger partial charge in [-0.15, -0.1) is 0 Å². The summed E-state index contributed by atoms with van der Waals surface area (Å²) in [5, 5.41) is 0. The highest BCUT2D eigenvalue weighted by molar-refractivity contribution is 6.62. The molecule has 7 nitrogen and oxygen atoms in total. The van der Waals surface area contributed by atoms with Crippen molar-refractivity contribution in [3.8, 4) is 0 Å². The van der Waals surface area contributed by atoms with Gasteiger partial charge in [-0.3, -0.25) is 0 Å². The predicted molar refractivity (Wildman–Crippen MR) is 97.7 cm³/mol. The minimum absolute atomic E-state index is 0.0748. The SMILES string of the molecule is CCOC(=O)c1cc(B2OC(C)(C)C(C)(C)O2)cn1C(=O)OC(C)(C)C. The Morgan fingerprint density at radius 2 is 1.69 bits per heavy atom. The number of nitrogens with zero attached hydrogens (tertiary/aromatic N) is 1. The maximum absolute atomic E-state index is 12.5. The van der Waals surface area contributed by atoms with Crippen molar-refractivity contribution in [1.82, 2.24) is 4.57 Å². The first kappa shape index (κ1) is 20.5. The van der Waals surface area contributed by atoms with E-state index in [1.807, 2.05) is 27.7 Å². The van der Waals surface area contributed by atoms with Crippen molar-refractivity contribution in [2.75, 3.05) is 6.61 Å². The Balaban J connectivity index is 2.40. The van der Waals surface area contributed by atoms with Gasteiger partial charge in [0.25, 0.3) is 0 Å². The summed E-state index contributed by atoms with van der Waals surface area (Å²) in [4.78, 5) is 24.8. The molecule has 0 unspecified atom stereocenters. The fourth-order valence-corrected chi connectivity index (χ4v) is 2.42. The molecule has 0 N–H and O–H groups in total. The quantitative estimate of drug-likeness (QED) is 0.606. The van der Waals surface area contributed by atoms with Gasteiger partial charge in [0.05, 0.1) is 17.8 Å². The van der Waals surface area contributed by atoms with Crippen LogP contribution in [0.5, 0.6) is 0 Å². The monoisotopic (exact) mass is 365 g/mol. The van der Waals surface area contributed by atoms with Crippen LogP contribution in [0.3, 0.4) is 0 Å². The van der Waals surface area contributed by atoms with Crippen LogP contribution in [-0.4, -0.2) is 47.2 Å². The maximum Gasteiger partial charge on any atom is 0.496 e. The second kappa shape index (κ2) is 6.74. The van der Waals surface area contributed by atoms with Crippen molar-refractivity contribution >= 4 is 24.6 Å². The van der Waals surface area contributed by atoms with E-state index in [4.69, 9.17) is 18.8 Å². The molecule has 0 bridgehead atoms. The van der Waals surface area contributed by atoms with E-state index in [1.165, 1.54) is 6.20 Å². The van der Waals surface area contributed by atoms with Crippen LogP contribution in [0.4, 0.5) is 4.79 Å². The molecule has 8 heteroatoms. The third kappa shape index (κ3) is 4.12. The lowest BCUT2D eigenvalue weighted by atomic mass is 9.81. The van der Waals surface area contributed by atoms with Gasteiger partial charge in [0.1, 0.15) is 11.3 Å². The fraction of sp³-hybridized carbons (Fsp3) is 0.667. The third-order valence-electron chi connectivity index (χ3n) is 4.44. The molecule has 144 valence electrons. The Morgan fingerprint density at radius 3 is 2.15 bits per heavy atom. The molecule has 1 aromatic heterocycles. The summed E-state index contributed by atoms with van der Waals surface area (Å²) in [6, 6.07) is 1.55. The second-order valence-electron chi connectivity index (χ2n) is 8.32. The molecule has 1 aliphatic heterocycles. The summed E-state index contributed by atoms with van der Waals surface area (Å²) in [5.74, 6) is -0.610. The topological polar surface area (TPSA) is 76.0 Å². The molecule has 0 spiro atoms. The average Bonchev–Trinajstić information content (AvgIpc) is 2.97. The van der Waals surface area contributed by atoms with Crippen molar-refractivity contribution < 1.29 is 28.4 Å². The summed E-state index contributed by atoms with van der Waals surface area (Å²) in [7, 11) is -0.697. The molecule has 1 aromatic rings. The van der Waals surface area contributed by atoms with Crippen molar-refractivity contribution in [3.05, 3.63) is 18.0 Å². The van der Waals surface area contributed by atoms with E-state index in [0.29, 0.717) is 5.46 Å². The van der Waals surface area contributed by atoms with Crippen LogP contribution in [0, 0.1) is 0 Å². The average molecular weight is 365 g/mol. The zero-order chi connectivity index (χ0) is 19.9. The lowest BCUT2D eigenvalue weighted by Crippen LogP contribution is -2.41. The normalized spacial score (nSPS) is 18.7. The van der Waals surface area contributed by atoms with Crippen LogP contribution in [0.15, 0.2) is 12.3 Å². The van der Waals surface area contributed by atoms with Gasteiger partial charge >= 0.3 is 19.2 Å². The van der Waals surface area contributed by atoms with Crippen LogP contribution < -0.4 is 5.46 Å². The molecule has 26 heavy (non-hydrogen) atoms. The van der Waals surface area contributed by atoms with Crippen LogP contribution in [0.1, 0.15) is 65.9 Å². The van der Waals surface area contributed by atoms with E-state index in [0.717, 1.165) is 4.57 Å². The first-order chi connectivity index (χ1) is 11.8. The predicted octanol–water partition coefficient (Wildman–Crippen LogP) is 2.75. The number of rotatable bonds is 3. The Hall–Kier alpha value is -1.80. The standard InChI is InChI=1S/C18H28BNO6/c1-9-23-14(21)13-10-12(11-20(13)15(22)24-16(2,3)4)19-25-17(5,6)18(7,8)26-19/h10-11H,9H2,1-8H3. The first-order valence-electron chi connectivity index (χ1n) is 8.76. The molecule has 0 amide bonds. The molecule has 0 aromatic carbocycles. The van der Waals surface area contributed by atoms with Crippen LogP contribution in [0.2, 0.25) is 0 Å². The highest BCUT2D eigenvalue weighted by atomic mass is 16.7. The molecule has 0 saturated carbocycles. The molecule has 0 radical (unpaired) electrons. The first-order valence-corrected chi connectivity index (χ1v) is 8.76. The van der Waals surface area contributed by atoms with Gasteiger partial charge in [-0.05, 0) is 61.5 Å². The fourth-order valence-electron chi connectivity index (χ4n) is 2.42. The van der Waals surface area contributed by atoms with Crippen molar-refractivity contribution in [1.29, 1.82) is 0 Å². The summed E-state index contributed by atoms with van der Waals surface area (Å²) in [6.45, 7) is 14.9. The lowest BCUT2D eigenvalue weighted by Gasteiger charge is -2.32. The zero-order valence-electron chi connectivity index (χ0n) is 16.8. The highest BCUT2D eigenvalue weighted by Gasteiger charge is 2.52. The molecular weight excluding hydrogens is 337 g/mol. The van der Waals surface area contributed by atoms with E-state index in [-0.39, 0.29) is 12.3 Å². The smallest absolute Gasteiger partial charge is 0.461 e. The minimum atomic E-state index is -0.697. The van der Waals surface area contributed by atoms with E-state index in [9.17, 15) is 9.59 Å². The molecule has 1 aliphatic rings. The number of hydrogen-bond donors (Lipinski definition) is 0. The van der Waals surface area contributed by atoms with Crippen LogP contribution in [-0.2, 0) is 18.8 Å². The van der Waals surface area contributed by atoms with Crippen molar-refractivity contribution in [2.24, 2.45) is 0 Å². The number of carbonyl (C=O) groups excluding carboxylic acids is 2. The van der Waals surface area contributed by atoms with E-state index >= 15 is 0 Å². The Morgan fingerprint density at radius 1 is 1.15 bits per heavy atom. The van der Waals surface area contributed by atoms with Crippen LogP contribution >= 0.6 is 0 Å². The van der Waals surface area contributed by atoms with E-state index in [2.05, 4.69) is 0 Å². The molecule has 1 saturated heterocycles. The molecular formula is C18H28BNO6. The number of hydrogen-bond acceptors (Lipinski definition) is 6. The van der Waals surface area contributed by atoms with Gasteiger partial charge in [0, 0.05) is 11.7 Å². The summed E-state index contributed by atoms with van der Waals surface area (Å²) in [6.07, 6.45) is 0.839. The van der Waals surface area contributed by atoms with Gasteiger partial charge in [-0.1, -0.05) is 0 Å². The van der Waals surface area contributed by atoms with Gasteiger partial charge in [0.2, 0.25) is 0 Å². The highest BCUT2D eigenvalue weighted by Crippen LogP contribution is 2.36. The minimum Gasteiger partial charge on any atom is -0.461 e. The number of aromatic nitrogens is 1. The molecule has 0 aliphatic carbocycles. The maximum atomic E-state index is 12.5. The summed E-state index contributed by atoms with van der Waals surface area (Å²) < 4.78 is 23.6. The van der Waals surface area contributed by atoms with Gasteiger partial charge in [0.15, 0.2) is 0 Å². The number of carbonyl (C=O) groups is 2. The summed E-state index contributed by atoms with van der Waals surface area (Å²) >= 11 is 0. The van der Waals surface area contributed by atoms with E-state index < -0.39 is 36.0 Å². The third-order valence-corrected chi connectivity index (χ3v) is 4.44. The van der Waals surface area contributed by atoms with Gasteiger partial charge in [-0.2, -0.15) is 0 Å². The zero-order valence-corrected chi connectivity index (χ0v) is 16.8. The molecule has 0 atom stereocenters. The largest absolute Gasteiger partial charge is 0.496 e. The number of ether oxygens (including phenoxy) is 2. The lowest BCUT2D eigenvalue weighted by molar-refractivity contribution is 0.00578. The number of esters is 1. The molecule has 2 rings (SSSR count). The Labute approximate surface area is 155 Å².